The van der Waals surface area contributed by atoms with E-state index in [1.54, 1.807) is 25.8 Å². The summed E-state index contributed by atoms with van der Waals surface area (Å²) in [5, 5.41) is 16.1. The number of nitrogens with zero attached hydrogens (tertiary/aromatic N) is 5. The minimum atomic E-state index is 0.376. The zero-order chi connectivity index (χ0) is 23.8. The number of anilines is 1. The molecule has 10 heteroatoms. The predicted octanol–water partition coefficient (Wildman–Crippen LogP) is 4.50. The van der Waals surface area contributed by atoms with Gasteiger partial charge in [0.15, 0.2) is 28.7 Å². The molecule has 0 fully saturated rings. The molecule has 0 saturated heterocycles. The molecule has 5 rings (SSSR count). The Morgan fingerprint density at radius 1 is 0.882 bits per heavy atom. The number of thiazole rings is 1. The van der Waals surface area contributed by atoms with E-state index in [1.165, 1.54) is 11.3 Å². The van der Waals surface area contributed by atoms with Crippen molar-refractivity contribution in [2.45, 2.75) is 6.92 Å². The molecule has 0 aliphatic rings. The number of aryl methyl sites for hydroxylation is 1. The van der Waals surface area contributed by atoms with E-state index in [0.717, 1.165) is 33.8 Å². The predicted molar refractivity (Wildman–Crippen MR) is 132 cm³/mol. The number of methoxy groups -OCH3 is 3. The standard InChI is InChI=1S/C24H22N6O3S/c1-13-20(14-5-8-16(31-2)9-6-14)23-28-27-21(22(25)30(23)29-13)24-26-17(12-34-24)15-7-10-18(32-3)19(11-15)33-4/h5-12H,25H2,1-4H3. The summed E-state index contributed by atoms with van der Waals surface area (Å²) in [5.41, 5.74) is 11.9. The second-order valence-corrected chi connectivity index (χ2v) is 8.32. The van der Waals surface area contributed by atoms with Gasteiger partial charge < -0.3 is 19.9 Å². The number of hydrogen-bond acceptors (Lipinski definition) is 9. The fourth-order valence-electron chi connectivity index (χ4n) is 3.78. The van der Waals surface area contributed by atoms with Crippen LogP contribution < -0.4 is 19.9 Å². The van der Waals surface area contributed by atoms with Gasteiger partial charge in [0.1, 0.15) is 10.8 Å². The molecule has 3 aromatic heterocycles. The first-order valence-electron chi connectivity index (χ1n) is 10.4. The number of nitrogens with two attached hydrogens (primary N) is 1. The van der Waals surface area contributed by atoms with Crippen molar-refractivity contribution in [2.24, 2.45) is 0 Å². The second-order valence-electron chi connectivity index (χ2n) is 7.47. The molecule has 0 amide bonds. The molecule has 0 bridgehead atoms. The normalized spacial score (nSPS) is 11.1. The van der Waals surface area contributed by atoms with Crippen LogP contribution in [0.1, 0.15) is 5.69 Å². The molecule has 0 aliphatic carbocycles. The van der Waals surface area contributed by atoms with Gasteiger partial charge in [-0.1, -0.05) is 12.1 Å². The average molecular weight is 475 g/mol. The Balaban J connectivity index is 1.55. The monoisotopic (exact) mass is 474 g/mol. The minimum absolute atomic E-state index is 0.376. The van der Waals surface area contributed by atoms with E-state index in [4.69, 9.17) is 24.9 Å². The van der Waals surface area contributed by atoms with E-state index in [2.05, 4.69) is 15.3 Å². The largest absolute Gasteiger partial charge is 0.497 e. The maximum absolute atomic E-state index is 6.50. The number of hydrogen-bond donors (Lipinski definition) is 1. The van der Waals surface area contributed by atoms with Crippen LogP contribution in [0.25, 0.3) is 38.7 Å². The van der Waals surface area contributed by atoms with Crippen LogP contribution in [0.3, 0.4) is 0 Å². The molecule has 2 N–H and O–H groups in total. The maximum atomic E-state index is 6.50. The van der Waals surface area contributed by atoms with E-state index in [-0.39, 0.29) is 0 Å². The Bertz CT molecular complexity index is 1490. The van der Waals surface area contributed by atoms with E-state index >= 15 is 0 Å². The number of aromatic nitrogens is 5. The Labute approximate surface area is 199 Å². The van der Waals surface area contributed by atoms with Crippen LogP contribution in [-0.4, -0.2) is 46.1 Å². The van der Waals surface area contributed by atoms with Crippen LogP contribution in [0.5, 0.6) is 17.2 Å². The summed E-state index contributed by atoms with van der Waals surface area (Å²) in [7, 11) is 4.84. The topological polar surface area (TPSA) is 110 Å². The van der Waals surface area contributed by atoms with Crippen molar-refractivity contribution in [1.29, 1.82) is 0 Å². The van der Waals surface area contributed by atoms with Gasteiger partial charge in [-0.05, 0) is 42.8 Å². The summed E-state index contributed by atoms with van der Waals surface area (Å²) in [6.07, 6.45) is 0. The van der Waals surface area contributed by atoms with Crippen molar-refractivity contribution >= 4 is 22.8 Å². The van der Waals surface area contributed by atoms with Gasteiger partial charge in [0, 0.05) is 10.9 Å². The lowest BCUT2D eigenvalue weighted by molar-refractivity contribution is 0.355. The Morgan fingerprint density at radius 2 is 1.62 bits per heavy atom. The molecule has 0 aliphatic heterocycles. The molecule has 2 aromatic carbocycles. The number of fused-ring (bicyclic) bond motifs is 1. The minimum Gasteiger partial charge on any atom is -0.497 e. The molecule has 0 spiro atoms. The molecule has 34 heavy (non-hydrogen) atoms. The highest BCUT2D eigenvalue weighted by Crippen LogP contribution is 2.36. The number of ether oxygens (including phenoxy) is 3. The maximum Gasteiger partial charge on any atom is 0.187 e. The Hall–Kier alpha value is -4.18. The molecule has 3 heterocycles. The lowest BCUT2D eigenvalue weighted by Gasteiger charge is -2.08. The summed E-state index contributed by atoms with van der Waals surface area (Å²) in [5.74, 6) is 2.44. The molecular weight excluding hydrogens is 452 g/mol. The van der Waals surface area contributed by atoms with Crippen molar-refractivity contribution < 1.29 is 14.2 Å². The number of benzene rings is 2. The molecule has 0 unspecified atom stereocenters. The summed E-state index contributed by atoms with van der Waals surface area (Å²) in [6.45, 7) is 1.92. The Morgan fingerprint density at radius 3 is 2.32 bits per heavy atom. The van der Waals surface area contributed by atoms with Crippen LogP contribution in [0.2, 0.25) is 0 Å². The first-order chi connectivity index (χ1) is 16.5. The van der Waals surface area contributed by atoms with Gasteiger partial charge in [-0.25, -0.2) is 4.98 Å². The van der Waals surface area contributed by atoms with Gasteiger partial charge in [0.05, 0.1) is 38.3 Å². The average Bonchev–Trinajstić information content (AvgIpc) is 3.49. The van der Waals surface area contributed by atoms with Crippen molar-refractivity contribution in [3.05, 3.63) is 53.5 Å². The van der Waals surface area contributed by atoms with E-state index < -0.39 is 0 Å². The van der Waals surface area contributed by atoms with Crippen molar-refractivity contribution in [3.63, 3.8) is 0 Å². The summed E-state index contributed by atoms with van der Waals surface area (Å²) in [4.78, 5) is 4.74. The van der Waals surface area contributed by atoms with Crippen LogP contribution in [0, 0.1) is 6.92 Å². The molecule has 0 radical (unpaired) electrons. The van der Waals surface area contributed by atoms with E-state index in [1.807, 2.05) is 54.8 Å². The van der Waals surface area contributed by atoms with Crippen LogP contribution in [0.4, 0.5) is 5.82 Å². The third-order valence-electron chi connectivity index (χ3n) is 5.52. The van der Waals surface area contributed by atoms with Gasteiger partial charge >= 0.3 is 0 Å². The van der Waals surface area contributed by atoms with E-state index in [0.29, 0.717) is 33.7 Å². The van der Waals surface area contributed by atoms with E-state index in [9.17, 15) is 0 Å². The molecule has 0 atom stereocenters. The van der Waals surface area contributed by atoms with Crippen molar-refractivity contribution in [2.75, 3.05) is 27.1 Å². The molecule has 5 aromatic rings. The van der Waals surface area contributed by atoms with Crippen LogP contribution in [0.15, 0.2) is 47.8 Å². The highest BCUT2D eigenvalue weighted by Gasteiger charge is 2.20. The lowest BCUT2D eigenvalue weighted by Crippen LogP contribution is -2.05. The van der Waals surface area contributed by atoms with Gasteiger partial charge in [-0.15, -0.1) is 21.5 Å². The number of rotatable bonds is 6. The fraction of sp³-hybridized carbons (Fsp3) is 0.167. The second kappa shape index (κ2) is 8.64. The highest BCUT2D eigenvalue weighted by atomic mass is 32.1. The number of nitrogen functional groups attached to an aromatic ring is 1. The summed E-state index contributed by atoms with van der Waals surface area (Å²) in [6, 6.07) is 13.4. The summed E-state index contributed by atoms with van der Waals surface area (Å²) < 4.78 is 17.6. The third kappa shape index (κ3) is 3.57. The Kier molecular flexibility index (Phi) is 5.50. The van der Waals surface area contributed by atoms with Crippen LogP contribution in [-0.2, 0) is 0 Å². The smallest absolute Gasteiger partial charge is 0.187 e. The van der Waals surface area contributed by atoms with Gasteiger partial charge in [-0.3, -0.25) is 0 Å². The van der Waals surface area contributed by atoms with Gasteiger partial charge in [0.2, 0.25) is 0 Å². The third-order valence-corrected chi connectivity index (χ3v) is 6.37. The fourth-order valence-corrected chi connectivity index (χ4v) is 4.60. The molecule has 0 saturated carbocycles. The SMILES string of the molecule is COc1ccc(-c2c(C)nn3c(N)c(-c4nc(-c5ccc(OC)c(OC)c5)cs4)nnc23)cc1. The quantitative estimate of drug-likeness (QED) is 0.383. The molecule has 172 valence electrons. The zero-order valence-corrected chi connectivity index (χ0v) is 19.9. The van der Waals surface area contributed by atoms with Crippen LogP contribution >= 0.6 is 11.3 Å². The lowest BCUT2D eigenvalue weighted by atomic mass is 10.1. The molecular formula is C24H22N6O3S. The van der Waals surface area contributed by atoms with Crippen molar-refractivity contribution in [1.82, 2.24) is 24.8 Å². The van der Waals surface area contributed by atoms with Gasteiger partial charge in [0.25, 0.3) is 0 Å². The first-order valence-corrected chi connectivity index (χ1v) is 11.3. The zero-order valence-electron chi connectivity index (χ0n) is 19.1. The van der Waals surface area contributed by atoms with Crippen molar-refractivity contribution in [3.8, 4) is 50.3 Å². The summed E-state index contributed by atoms with van der Waals surface area (Å²) >= 11 is 1.43. The first kappa shape index (κ1) is 21.7. The highest BCUT2D eigenvalue weighted by molar-refractivity contribution is 7.13. The molecule has 9 nitrogen and oxygen atoms in total. The van der Waals surface area contributed by atoms with Gasteiger partial charge in [-0.2, -0.15) is 9.61 Å².